The van der Waals surface area contributed by atoms with Gasteiger partial charge in [0.2, 0.25) is 5.88 Å². The highest BCUT2D eigenvalue weighted by atomic mass is 35.5. The van der Waals surface area contributed by atoms with Gasteiger partial charge in [-0.1, -0.05) is 53.5 Å². The lowest BCUT2D eigenvalue weighted by Gasteiger charge is -2.20. The Bertz CT molecular complexity index is 988. The highest BCUT2D eigenvalue weighted by Gasteiger charge is 2.22. The minimum Gasteiger partial charge on any atom is -0.463 e. The van der Waals surface area contributed by atoms with Crippen molar-refractivity contribution in [2.24, 2.45) is 0 Å². The predicted octanol–water partition coefficient (Wildman–Crippen LogP) is 5.19. The smallest absolute Gasteiger partial charge is 0.274 e. The van der Waals surface area contributed by atoms with E-state index in [1.165, 1.54) is 12.4 Å². The number of hydrogen-bond donors (Lipinski definition) is 0. The molecule has 0 radical (unpaired) electrons. The van der Waals surface area contributed by atoms with Gasteiger partial charge < -0.3 is 9.64 Å². The van der Waals surface area contributed by atoms with Gasteiger partial charge in [0.1, 0.15) is 5.69 Å². The van der Waals surface area contributed by atoms with Crippen molar-refractivity contribution in [2.45, 2.75) is 18.9 Å². The van der Waals surface area contributed by atoms with E-state index in [1.54, 1.807) is 17.0 Å². The van der Waals surface area contributed by atoms with Gasteiger partial charge in [-0.15, -0.1) is 0 Å². The van der Waals surface area contributed by atoms with E-state index in [0.717, 1.165) is 37.1 Å². The second-order valence-corrected chi connectivity index (χ2v) is 7.65. The van der Waals surface area contributed by atoms with Gasteiger partial charge in [-0.25, -0.2) is 9.97 Å². The van der Waals surface area contributed by atoms with Gasteiger partial charge in [-0.05, 0) is 36.6 Å². The van der Waals surface area contributed by atoms with Gasteiger partial charge in [0.05, 0.1) is 12.4 Å². The molecule has 1 atom stereocenters. The molecule has 1 aliphatic heterocycles. The largest absolute Gasteiger partial charge is 0.463 e. The zero-order valence-corrected chi connectivity index (χ0v) is 17.1. The minimum absolute atomic E-state index is 0.0955. The Balaban J connectivity index is 1.60. The molecule has 2 aromatic carbocycles. The molecule has 1 amide bonds. The van der Waals surface area contributed by atoms with Crippen LogP contribution >= 0.6 is 23.2 Å². The van der Waals surface area contributed by atoms with Crippen molar-refractivity contribution >= 4 is 29.1 Å². The average Bonchev–Trinajstić information content (AvgIpc) is 3.28. The fraction of sp³-hybridized carbons (Fsp3) is 0.227. The number of carbonyl (C=O) groups excluding carboxylic acids is 1. The minimum atomic E-state index is -0.490. The topological polar surface area (TPSA) is 55.3 Å². The summed E-state index contributed by atoms with van der Waals surface area (Å²) in [5, 5.41) is 1.22. The van der Waals surface area contributed by atoms with E-state index in [9.17, 15) is 4.79 Å². The third kappa shape index (κ3) is 4.52. The van der Waals surface area contributed by atoms with Crippen molar-refractivity contribution in [3.05, 3.63) is 87.8 Å². The maximum absolute atomic E-state index is 12.5. The number of likely N-dealkylation sites (tertiary alicyclic amines) is 1. The first kappa shape index (κ1) is 19.7. The average molecular weight is 428 g/mol. The molecule has 29 heavy (non-hydrogen) atoms. The third-order valence-corrected chi connectivity index (χ3v) is 5.44. The zero-order valence-electron chi connectivity index (χ0n) is 15.6. The van der Waals surface area contributed by atoms with Crippen molar-refractivity contribution in [3.8, 4) is 5.88 Å². The number of halogens is 2. The molecule has 1 aromatic heterocycles. The van der Waals surface area contributed by atoms with Crippen LogP contribution in [0.1, 0.15) is 40.6 Å². The molecular formula is C22H19Cl2N3O2. The van der Waals surface area contributed by atoms with Crippen molar-refractivity contribution < 1.29 is 9.53 Å². The summed E-state index contributed by atoms with van der Waals surface area (Å²) in [6, 6.07) is 14.8. The Morgan fingerprint density at radius 2 is 1.69 bits per heavy atom. The molecule has 0 N–H and O–H groups in total. The molecule has 0 bridgehead atoms. The monoisotopic (exact) mass is 427 g/mol. The van der Waals surface area contributed by atoms with Gasteiger partial charge >= 0.3 is 0 Å². The Kier molecular flexibility index (Phi) is 5.97. The summed E-state index contributed by atoms with van der Waals surface area (Å²) in [5.74, 6) is 0.213. The molecule has 0 spiro atoms. The Labute approximate surface area is 179 Å². The molecule has 2 heterocycles. The maximum Gasteiger partial charge on any atom is 0.274 e. The molecule has 1 aliphatic rings. The number of benzene rings is 2. The fourth-order valence-electron chi connectivity index (χ4n) is 3.33. The normalized spacial score (nSPS) is 14.6. The third-order valence-electron chi connectivity index (χ3n) is 4.84. The molecule has 3 aromatic rings. The van der Waals surface area contributed by atoms with Gasteiger partial charge in [0, 0.05) is 28.7 Å². The van der Waals surface area contributed by atoms with Gasteiger partial charge in [-0.3, -0.25) is 4.79 Å². The molecule has 148 valence electrons. The molecule has 0 aliphatic carbocycles. The van der Waals surface area contributed by atoms with Gasteiger partial charge in [0.25, 0.3) is 5.91 Å². The predicted molar refractivity (Wildman–Crippen MR) is 113 cm³/mol. The Morgan fingerprint density at radius 1 is 0.966 bits per heavy atom. The van der Waals surface area contributed by atoms with Crippen LogP contribution < -0.4 is 4.74 Å². The second kappa shape index (κ2) is 8.80. The van der Waals surface area contributed by atoms with E-state index in [4.69, 9.17) is 27.9 Å². The molecule has 7 heteroatoms. The van der Waals surface area contributed by atoms with Crippen molar-refractivity contribution in [1.82, 2.24) is 14.9 Å². The lowest BCUT2D eigenvalue weighted by Crippen LogP contribution is -2.28. The SMILES string of the molecule is O=C(c1cnc(O[C@@H](c2ccc(Cl)cc2)c2ccccc2Cl)cn1)N1CCCC1. The van der Waals surface area contributed by atoms with Crippen LogP contribution in [0.25, 0.3) is 0 Å². The molecule has 0 saturated carbocycles. The van der Waals surface area contributed by atoms with Crippen LogP contribution in [0.2, 0.25) is 10.0 Å². The number of carbonyl (C=O) groups is 1. The lowest BCUT2D eigenvalue weighted by molar-refractivity contribution is 0.0786. The molecular weight excluding hydrogens is 409 g/mol. The summed E-state index contributed by atoms with van der Waals surface area (Å²) in [6.07, 6.45) is 4.50. The van der Waals surface area contributed by atoms with E-state index in [1.807, 2.05) is 36.4 Å². The van der Waals surface area contributed by atoms with Crippen LogP contribution in [-0.2, 0) is 0 Å². The van der Waals surface area contributed by atoms with Crippen LogP contribution in [0.5, 0.6) is 5.88 Å². The van der Waals surface area contributed by atoms with Crippen LogP contribution in [0, 0.1) is 0 Å². The first-order valence-corrected chi connectivity index (χ1v) is 10.2. The number of amides is 1. The van der Waals surface area contributed by atoms with Gasteiger partial charge in [-0.2, -0.15) is 0 Å². The highest BCUT2D eigenvalue weighted by Crippen LogP contribution is 2.32. The number of aromatic nitrogens is 2. The Morgan fingerprint density at radius 3 is 2.34 bits per heavy atom. The van der Waals surface area contributed by atoms with Crippen LogP contribution in [0.15, 0.2) is 60.9 Å². The maximum atomic E-state index is 12.5. The van der Waals surface area contributed by atoms with E-state index in [0.29, 0.717) is 21.6 Å². The lowest BCUT2D eigenvalue weighted by atomic mass is 10.0. The van der Waals surface area contributed by atoms with E-state index in [-0.39, 0.29) is 5.91 Å². The summed E-state index contributed by atoms with van der Waals surface area (Å²) >= 11 is 12.4. The van der Waals surface area contributed by atoms with Crippen molar-refractivity contribution in [1.29, 1.82) is 0 Å². The van der Waals surface area contributed by atoms with E-state index >= 15 is 0 Å². The number of nitrogens with zero attached hydrogens (tertiary/aromatic N) is 3. The fourth-order valence-corrected chi connectivity index (χ4v) is 3.69. The molecule has 5 nitrogen and oxygen atoms in total. The highest BCUT2D eigenvalue weighted by molar-refractivity contribution is 6.31. The summed E-state index contributed by atoms with van der Waals surface area (Å²) in [4.78, 5) is 22.8. The summed E-state index contributed by atoms with van der Waals surface area (Å²) < 4.78 is 6.14. The standard InChI is InChI=1S/C22H19Cl2N3O2/c23-16-9-7-15(8-10-16)21(17-5-1-2-6-18(17)24)29-20-14-25-19(13-26-20)22(28)27-11-3-4-12-27/h1-2,5-10,13-14,21H,3-4,11-12H2/t21-/m0/s1. The number of hydrogen-bond acceptors (Lipinski definition) is 4. The van der Waals surface area contributed by atoms with Gasteiger partial charge in [0.15, 0.2) is 6.10 Å². The molecule has 1 fully saturated rings. The Hall–Kier alpha value is -2.63. The van der Waals surface area contributed by atoms with E-state index in [2.05, 4.69) is 9.97 Å². The number of rotatable bonds is 5. The molecule has 0 unspecified atom stereocenters. The first-order valence-electron chi connectivity index (χ1n) is 9.40. The summed E-state index contributed by atoms with van der Waals surface area (Å²) in [5.41, 5.74) is 2.00. The summed E-state index contributed by atoms with van der Waals surface area (Å²) in [7, 11) is 0. The molecule has 1 saturated heterocycles. The first-order chi connectivity index (χ1) is 14.1. The van der Waals surface area contributed by atoms with Crippen molar-refractivity contribution in [2.75, 3.05) is 13.1 Å². The van der Waals surface area contributed by atoms with Crippen molar-refractivity contribution in [3.63, 3.8) is 0 Å². The zero-order chi connectivity index (χ0) is 20.2. The van der Waals surface area contributed by atoms with E-state index < -0.39 is 6.10 Å². The van der Waals surface area contributed by atoms with Crippen LogP contribution in [-0.4, -0.2) is 33.9 Å². The second-order valence-electron chi connectivity index (χ2n) is 6.81. The quantitative estimate of drug-likeness (QED) is 0.562. The van der Waals surface area contributed by atoms with Crippen LogP contribution in [0.3, 0.4) is 0 Å². The van der Waals surface area contributed by atoms with Crippen LogP contribution in [0.4, 0.5) is 0 Å². The summed E-state index contributed by atoms with van der Waals surface area (Å²) in [6.45, 7) is 1.54. The number of ether oxygens (including phenoxy) is 1. The molecule has 4 rings (SSSR count).